The van der Waals surface area contributed by atoms with Crippen molar-refractivity contribution >= 4 is 5.84 Å². The zero-order chi connectivity index (χ0) is 32.5. The summed E-state index contributed by atoms with van der Waals surface area (Å²) in [6, 6.07) is 27.9. The largest absolute Gasteiger partial charge is 0.387 e. The van der Waals surface area contributed by atoms with Crippen LogP contribution in [0.25, 0.3) is 0 Å². The molecule has 0 fully saturated rings. The van der Waals surface area contributed by atoms with E-state index in [1.165, 1.54) is 39.4 Å². The summed E-state index contributed by atoms with van der Waals surface area (Å²) in [5, 5.41) is 24.1. The van der Waals surface area contributed by atoms with Gasteiger partial charge in [0.25, 0.3) is 0 Å². The van der Waals surface area contributed by atoms with E-state index >= 15 is 0 Å². The Balaban J connectivity index is 0.000000288. The maximum absolute atomic E-state index is 12.5. The van der Waals surface area contributed by atoms with Crippen LogP contribution in [0.5, 0.6) is 0 Å². The Morgan fingerprint density at radius 2 is 0.907 bits per heavy atom. The highest BCUT2D eigenvalue weighted by Crippen LogP contribution is 2.12. The van der Waals surface area contributed by atoms with Crippen LogP contribution < -0.4 is 5.73 Å². The summed E-state index contributed by atoms with van der Waals surface area (Å²) >= 11 is 0. The first-order valence-corrected chi connectivity index (χ1v) is 14.2. The molecule has 43 heavy (non-hydrogen) atoms. The van der Waals surface area contributed by atoms with Gasteiger partial charge < -0.3 is 5.73 Å². The standard InChI is InChI=1S/C10H14N2.2C10H11N.C8H9F/c1-7-3-4-9(6-10(11)12)8(2)5-7;2*1-8-3-4-10(5-6-11)9(2)7-8;1-6-3-4-8(9)7(2)5-6/h3-5H,6H2,1-2H3,(H3,11,12);2*3-4,7H,5H2,1-2H3;3-5H,1-2H3. The van der Waals surface area contributed by atoms with E-state index in [-0.39, 0.29) is 11.7 Å². The van der Waals surface area contributed by atoms with Gasteiger partial charge in [-0.25, -0.2) is 4.39 Å². The van der Waals surface area contributed by atoms with Crippen molar-refractivity contribution in [3.05, 3.63) is 140 Å². The van der Waals surface area contributed by atoms with Gasteiger partial charge in [0.05, 0.1) is 30.8 Å². The predicted octanol–water partition coefficient (Wildman–Crippen LogP) is 8.96. The number of nitriles is 2. The number of nitrogens with one attached hydrogen (secondary N) is 1. The van der Waals surface area contributed by atoms with Crippen LogP contribution in [0, 0.1) is 89.3 Å². The SMILES string of the molecule is Cc1ccc(CC#N)c(C)c1.Cc1ccc(CC#N)c(C)c1.Cc1ccc(CC(=N)N)c(C)c1.Cc1ccc(F)c(C)c1. The summed E-state index contributed by atoms with van der Waals surface area (Å²) in [6.07, 6.45) is 1.60. The Morgan fingerprint density at radius 3 is 1.19 bits per heavy atom. The van der Waals surface area contributed by atoms with Gasteiger partial charge in [-0.15, -0.1) is 0 Å². The normalized spacial score (nSPS) is 9.47. The molecule has 3 N–H and O–H groups in total. The maximum atomic E-state index is 12.5. The van der Waals surface area contributed by atoms with Crippen LogP contribution in [0.1, 0.15) is 61.2 Å². The average molecular weight is 577 g/mol. The lowest BCUT2D eigenvalue weighted by molar-refractivity contribution is 0.618. The van der Waals surface area contributed by atoms with Crippen molar-refractivity contribution in [3.63, 3.8) is 0 Å². The maximum Gasteiger partial charge on any atom is 0.126 e. The summed E-state index contributed by atoms with van der Waals surface area (Å²) in [7, 11) is 0. The molecular weight excluding hydrogens is 531 g/mol. The van der Waals surface area contributed by atoms with E-state index in [0.29, 0.717) is 19.3 Å². The van der Waals surface area contributed by atoms with Gasteiger partial charge in [-0.1, -0.05) is 89.0 Å². The van der Waals surface area contributed by atoms with Crippen LogP contribution >= 0.6 is 0 Å². The number of nitrogens with zero attached hydrogens (tertiary/aromatic N) is 2. The number of amidine groups is 1. The summed E-state index contributed by atoms with van der Waals surface area (Å²) in [5.74, 6) is 0.0996. The number of rotatable bonds is 4. The highest BCUT2D eigenvalue weighted by atomic mass is 19.1. The first-order chi connectivity index (χ1) is 20.3. The topological polar surface area (TPSA) is 97.5 Å². The molecule has 0 bridgehead atoms. The first kappa shape index (κ1) is 36.3. The first-order valence-electron chi connectivity index (χ1n) is 14.2. The Morgan fingerprint density at radius 1 is 0.581 bits per heavy atom. The van der Waals surface area contributed by atoms with Crippen molar-refractivity contribution in [2.75, 3.05) is 0 Å². The minimum Gasteiger partial charge on any atom is -0.387 e. The molecule has 5 heteroatoms. The van der Waals surface area contributed by atoms with Gasteiger partial charge in [0.1, 0.15) is 5.82 Å². The van der Waals surface area contributed by atoms with E-state index < -0.39 is 0 Å². The van der Waals surface area contributed by atoms with E-state index in [9.17, 15) is 4.39 Å². The lowest BCUT2D eigenvalue weighted by Crippen LogP contribution is -2.13. The van der Waals surface area contributed by atoms with E-state index in [0.717, 1.165) is 27.8 Å². The number of nitrogens with two attached hydrogens (primary N) is 1. The molecule has 0 heterocycles. The van der Waals surface area contributed by atoms with Crippen molar-refractivity contribution < 1.29 is 4.39 Å². The molecule has 0 saturated heterocycles. The van der Waals surface area contributed by atoms with Crippen LogP contribution in [0.4, 0.5) is 4.39 Å². The molecule has 0 radical (unpaired) electrons. The third-order valence-corrected chi connectivity index (χ3v) is 6.73. The number of hydrogen-bond donors (Lipinski definition) is 2. The molecule has 0 spiro atoms. The highest BCUT2D eigenvalue weighted by molar-refractivity contribution is 5.79. The molecule has 0 amide bonds. The molecule has 4 aromatic rings. The quantitative estimate of drug-likeness (QED) is 0.187. The molecule has 4 rings (SSSR count). The third-order valence-electron chi connectivity index (χ3n) is 6.73. The Labute approximate surface area is 258 Å². The lowest BCUT2D eigenvalue weighted by Gasteiger charge is -2.04. The Bertz CT molecular complexity index is 1530. The molecule has 0 saturated carbocycles. The van der Waals surface area contributed by atoms with Crippen molar-refractivity contribution in [1.82, 2.24) is 0 Å². The van der Waals surface area contributed by atoms with Crippen molar-refractivity contribution in [2.45, 2.75) is 74.7 Å². The van der Waals surface area contributed by atoms with Crippen molar-refractivity contribution in [2.24, 2.45) is 5.73 Å². The molecule has 0 aromatic heterocycles. The summed E-state index contributed by atoms with van der Waals surface area (Å²) in [5.41, 5.74) is 18.0. The fourth-order valence-corrected chi connectivity index (χ4v) is 4.30. The molecule has 0 unspecified atom stereocenters. The van der Waals surface area contributed by atoms with Gasteiger partial charge in [-0.3, -0.25) is 5.41 Å². The second-order valence-corrected chi connectivity index (χ2v) is 10.9. The molecule has 4 aromatic carbocycles. The molecule has 4 nitrogen and oxygen atoms in total. The number of hydrogen-bond acceptors (Lipinski definition) is 3. The lowest BCUT2D eigenvalue weighted by atomic mass is 10.0. The van der Waals surface area contributed by atoms with Crippen LogP contribution in [-0.4, -0.2) is 5.84 Å². The number of aryl methyl sites for hydroxylation is 8. The zero-order valence-corrected chi connectivity index (χ0v) is 26.9. The van der Waals surface area contributed by atoms with Crippen LogP contribution in [0.15, 0.2) is 72.8 Å². The summed E-state index contributed by atoms with van der Waals surface area (Å²) < 4.78 is 12.5. The van der Waals surface area contributed by atoms with Crippen LogP contribution in [-0.2, 0) is 19.3 Å². The Hall–Kier alpha value is -4.74. The van der Waals surface area contributed by atoms with Crippen molar-refractivity contribution in [3.8, 4) is 12.1 Å². The van der Waals surface area contributed by atoms with Gasteiger partial charge in [-0.2, -0.15) is 10.5 Å². The molecule has 0 aliphatic rings. The Kier molecular flexibility index (Phi) is 15.7. The molecule has 0 aliphatic heterocycles. The molecular formula is C38H45FN4. The minimum absolute atomic E-state index is 0.124. The van der Waals surface area contributed by atoms with E-state index in [1.54, 1.807) is 13.0 Å². The molecule has 224 valence electrons. The highest BCUT2D eigenvalue weighted by Gasteiger charge is 1.99. The van der Waals surface area contributed by atoms with Crippen LogP contribution in [0.3, 0.4) is 0 Å². The monoisotopic (exact) mass is 576 g/mol. The summed E-state index contributed by atoms with van der Waals surface area (Å²) in [4.78, 5) is 0. The second kappa shape index (κ2) is 18.6. The summed E-state index contributed by atoms with van der Waals surface area (Å²) in [6.45, 7) is 16.0. The van der Waals surface area contributed by atoms with Gasteiger partial charge in [-0.05, 0) is 100 Å². The number of halogens is 1. The fourth-order valence-electron chi connectivity index (χ4n) is 4.30. The van der Waals surface area contributed by atoms with E-state index in [2.05, 4.69) is 51.1 Å². The zero-order valence-electron chi connectivity index (χ0n) is 26.9. The third kappa shape index (κ3) is 14.1. The van der Waals surface area contributed by atoms with Crippen LogP contribution in [0.2, 0.25) is 0 Å². The van der Waals surface area contributed by atoms with Gasteiger partial charge in [0.2, 0.25) is 0 Å². The number of benzene rings is 4. The van der Waals surface area contributed by atoms with E-state index in [4.69, 9.17) is 21.7 Å². The van der Waals surface area contributed by atoms with Crippen molar-refractivity contribution in [1.29, 1.82) is 15.9 Å². The minimum atomic E-state index is -0.124. The smallest absolute Gasteiger partial charge is 0.126 e. The average Bonchev–Trinajstić information content (AvgIpc) is 2.92. The molecule has 0 aliphatic carbocycles. The predicted molar refractivity (Wildman–Crippen MR) is 178 cm³/mol. The van der Waals surface area contributed by atoms with Gasteiger partial charge in [0.15, 0.2) is 0 Å². The fraction of sp³-hybridized carbons (Fsp3) is 0.289. The second-order valence-electron chi connectivity index (χ2n) is 10.9. The molecule has 0 atom stereocenters. The van der Waals surface area contributed by atoms with Gasteiger partial charge in [0, 0.05) is 6.42 Å². The van der Waals surface area contributed by atoms with Gasteiger partial charge >= 0.3 is 0 Å². The van der Waals surface area contributed by atoms with E-state index in [1.807, 2.05) is 70.2 Å².